The van der Waals surface area contributed by atoms with Gasteiger partial charge in [-0.25, -0.2) is 0 Å². The monoisotopic (exact) mass is 237 g/mol. The number of aromatic nitrogens is 1. The minimum Gasteiger partial charge on any atom is -0.361 e. The van der Waals surface area contributed by atoms with E-state index in [0.29, 0.717) is 0 Å². The molecule has 0 radical (unpaired) electrons. The molecule has 4 nitrogen and oxygen atoms in total. The standard InChI is InChI=1S/C13H23N3O/c1-11(2)9-15-4-6-16(7-5-15)10-13-8-12(3)17-14-13/h8,11H,4-7,9-10H2,1-3H3. The lowest BCUT2D eigenvalue weighted by molar-refractivity contribution is 0.115. The first-order chi connectivity index (χ1) is 8.13. The molecule has 0 aliphatic carbocycles. The van der Waals surface area contributed by atoms with Gasteiger partial charge in [0.15, 0.2) is 0 Å². The number of nitrogens with zero attached hydrogens (tertiary/aromatic N) is 3. The summed E-state index contributed by atoms with van der Waals surface area (Å²) in [6.07, 6.45) is 0. The second-order valence-electron chi connectivity index (χ2n) is 5.40. The fourth-order valence-corrected chi connectivity index (χ4v) is 2.37. The van der Waals surface area contributed by atoms with Gasteiger partial charge in [-0.05, 0) is 12.8 Å². The molecular weight excluding hydrogens is 214 g/mol. The van der Waals surface area contributed by atoms with E-state index in [0.717, 1.165) is 37.0 Å². The number of aryl methyl sites for hydroxylation is 1. The Hall–Kier alpha value is -0.870. The number of piperazine rings is 1. The van der Waals surface area contributed by atoms with E-state index in [1.54, 1.807) is 0 Å². The molecule has 0 unspecified atom stereocenters. The third-order valence-electron chi connectivity index (χ3n) is 3.15. The van der Waals surface area contributed by atoms with Crippen molar-refractivity contribution >= 4 is 0 Å². The summed E-state index contributed by atoms with van der Waals surface area (Å²) in [5.41, 5.74) is 1.06. The zero-order chi connectivity index (χ0) is 12.3. The topological polar surface area (TPSA) is 32.5 Å². The molecule has 0 saturated carbocycles. The molecular formula is C13H23N3O. The Morgan fingerprint density at radius 2 is 1.88 bits per heavy atom. The van der Waals surface area contributed by atoms with Crippen molar-refractivity contribution in [2.45, 2.75) is 27.3 Å². The number of hydrogen-bond donors (Lipinski definition) is 0. The maximum atomic E-state index is 5.09. The van der Waals surface area contributed by atoms with Gasteiger partial charge in [0, 0.05) is 45.3 Å². The Labute approximate surface area is 104 Å². The Kier molecular flexibility index (Phi) is 4.18. The van der Waals surface area contributed by atoms with Crippen molar-refractivity contribution in [2.24, 2.45) is 5.92 Å². The van der Waals surface area contributed by atoms with Crippen LogP contribution in [0.5, 0.6) is 0 Å². The van der Waals surface area contributed by atoms with E-state index in [4.69, 9.17) is 4.52 Å². The van der Waals surface area contributed by atoms with Gasteiger partial charge in [-0.2, -0.15) is 0 Å². The summed E-state index contributed by atoms with van der Waals surface area (Å²) in [4.78, 5) is 5.00. The van der Waals surface area contributed by atoms with E-state index in [1.165, 1.54) is 19.6 Å². The molecule has 1 fully saturated rings. The van der Waals surface area contributed by atoms with E-state index >= 15 is 0 Å². The molecule has 0 bridgehead atoms. The molecule has 2 heterocycles. The van der Waals surface area contributed by atoms with Gasteiger partial charge in [-0.3, -0.25) is 4.90 Å². The highest BCUT2D eigenvalue weighted by molar-refractivity contribution is 5.03. The molecule has 0 amide bonds. The van der Waals surface area contributed by atoms with Crippen molar-refractivity contribution in [3.05, 3.63) is 17.5 Å². The van der Waals surface area contributed by atoms with Crippen molar-refractivity contribution < 1.29 is 4.52 Å². The van der Waals surface area contributed by atoms with Gasteiger partial charge >= 0.3 is 0 Å². The second kappa shape index (κ2) is 5.65. The van der Waals surface area contributed by atoms with Crippen molar-refractivity contribution in [1.82, 2.24) is 15.0 Å². The maximum absolute atomic E-state index is 5.09. The van der Waals surface area contributed by atoms with Crippen LogP contribution in [0.2, 0.25) is 0 Å². The summed E-state index contributed by atoms with van der Waals surface area (Å²) < 4.78 is 5.09. The van der Waals surface area contributed by atoms with Crippen LogP contribution in [0.25, 0.3) is 0 Å². The summed E-state index contributed by atoms with van der Waals surface area (Å²) in [5, 5.41) is 4.05. The Bertz CT molecular complexity index is 340. The molecule has 96 valence electrons. The molecule has 1 aliphatic heterocycles. The van der Waals surface area contributed by atoms with Gasteiger partial charge in [0.2, 0.25) is 0 Å². The Balaban J connectivity index is 1.75. The predicted molar refractivity (Wildman–Crippen MR) is 67.8 cm³/mol. The molecule has 0 N–H and O–H groups in total. The minimum atomic E-state index is 0.764. The van der Waals surface area contributed by atoms with E-state index in [2.05, 4.69) is 28.8 Å². The van der Waals surface area contributed by atoms with Gasteiger partial charge in [0.25, 0.3) is 0 Å². The third kappa shape index (κ3) is 3.82. The molecule has 0 atom stereocenters. The van der Waals surface area contributed by atoms with Crippen LogP contribution >= 0.6 is 0 Å². The molecule has 4 heteroatoms. The number of rotatable bonds is 4. The van der Waals surface area contributed by atoms with Crippen LogP contribution in [0.3, 0.4) is 0 Å². The zero-order valence-electron chi connectivity index (χ0n) is 11.1. The fourth-order valence-electron chi connectivity index (χ4n) is 2.37. The van der Waals surface area contributed by atoms with Gasteiger partial charge in [-0.15, -0.1) is 0 Å². The quantitative estimate of drug-likeness (QED) is 0.799. The summed E-state index contributed by atoms with van der Waals surface area (Å²) in [6.45, 7) is 13.3. The highest BCUT2D eigenvalue weighted by Crippen LogP contribution is 2.10. The van der Waals surface area contributed by atoms with E-state index in [-0.39, 0.29) is 0 Å². The largest absolute Gasteiger partial charge is 0.361 e. The average molecular weight is 237 g/mol. The highest BCUT2D eigenvalue weighted by Gasteiger charge is 2.18. The van der Waals surface area contributed by atoms with Gasteiger partial charge < -0.3 is 9.42 Å². The van der Waals surface area contributed by atoms with Gasteiger partial charge in [0.1, 0.15) is 5.76 Å². The highest BCUT2D eigenvalue weighted by atomic mass is 16.5. The molecule has 0 aromatic carbocycles. The first kappa shape index (κ1) is 12.6. The van der Waals surface area contributed by atoms with E-state index in [9.17, 15) is 0 Å². The van der Waals surface area contributed by atoms with Crippen LogP contribution in [0, 0.1) is 12.8 Å². The SMILES string of the molecule is Cc1cc(CN2CCN(CC(C)C)CC2)no1. The van der Waals surface area contributed by atoms with Crippen LogP contribution in [0.1, 0.15) is 25.3 Å². The molecule has 1 saturated heterocycles. The molecule has 17 heavy (non-hydrogen) atoms. The zero-order valence-corrected chi connectivity index (χ0v) is 11.1. The predicted octanol–water partition coefficient (Wildman–Crippen LogP) is 1.76. The minimum absolute atomic E-state index is 0.764. The van der Waals surface area contributed by atoms with Crippen molar-refractivity contribution in [3.63, 3.8) is 0 Å². The van der Waals surface area contributed by atoms with Crippen LogP contribution in [0.15, 0.2) is 10.6 Å². The summed E-state index contributed by atoms with van der Waals surface area (Å²) >= 11 is 0. The normalized spacial score (nSPS) is 19.1. The Morgan fingerprint density at radius 1 is 1.24 bits per heavy atom. The summed E-state index contributed by atoms with van der Waals surface area (Å²) in [7, 11) is 0. The molecule has 1 aromatic heterocycles. The molecule has 0 spiro atoms. The number of hydrogen-bond acceptors (Lipinski definition) is 4. The van der Waals surface area contributed by atoms with Crippen molar-refractivity contribution in [1.29, 1.82) is 0 Å². The van der Waals surface area contributed by atoms with Crippen LogP contribution in [-0.4, -0.2) is 47.7 Å². The maximum Gasteiger partial charge on any atom is 0.133 e. The van der Waals surface area contributed by atoms with Crippen LogP contribution in [-0.2, 0) is 6.54 Å². The van der Waals surface area contributed by atoms with Crippen LogP contribution in [0.4, 0.5) is 0 Å². The second-order valence-corrected chi connectivity index (χ2v) is 5.40. The van der Waals surface area contributed by atoms with Gasteiger partial charge in [-0.1, -0.05) is 19.0 Å². The first-order valence-corrected chi connectivity index (χ1v) is 6.50. The Morgan fingerprint density at radius 3 is 2.41 bits per heavy atom. The van der Waals surface area contributed by atoms with Crippen molar-refractivity contribution in [3.8, 4) is 0 Å². The summed E-state index contributed by atoms with van der Waals surface area (Å²) in [5.74, 6) is 1.66. The fraction of sp³-hybridized carbons (Fsp3) is 0.769. The molecule has 2 rings (SSSR count). The average Bonchev–Trinajstić information content (AvgIpc) is 2.66. The first-order valence-electron chi connectivity index (χ1n) is 6.50. The summed E-state index contributed by atoms with van der Waals surface area (Å²) in [6, 6.07) is 2.03. The van der Waals surface area contributed by atoms with E-state index < -0.39 is 0 Å². The molecule has 1 aromatic rings. The molecule has 1 aliphatic rings. The lowest BCUT2D eigenvalue weighted by Crippen LogP contribution is -2.46. The third-order valence-corrected chi connectivity index (χ3v) is 3.15. The smallest absolute Gasteiger partial charge is 0.133 e. The van der Waals surface area contributed by atoms with Gasteiger partial charge in [0.05, 0.1) is 5.69 Å². The van der Waals surface area contributed by atoms with E-state index in [1.807, 2.05) is 13.0 Å². The lowest BCUT2D eigenvalue weighted by Gasteiger charge is -2.35. The lowest BCUT2D eigenvalue weighted by atomic mass is 10.2. The van der Waals surface area contributed by atoms with Crippen molar-refractivity contribution in [2.75, 3.05) is 32.7 Å². The van der Waals surface area contributed by atoms with Crippen LogP contribution < -0.4 is 0 Å².